The lowest BCUT2D eigenvalue weighted by molar-refractivity contribution is -0.145. The third-order valence-corrected chi connectivity index (χ3v) is 5.68. The van der Waals surface area contributed by atoms with Crippen LogP contribution in [0.2, 0.25) is 0 Å². The first-order valence-electron chi connectivity index (χ1n) is 9.57. The van der Waals surface area contributed by atoms with E-state index in [4.69, 9.17) is 5.73 Å². The van der Waals surface area contributed by atoms with Crippen LogP contribution in [0, 0.1) is 5.92 Å². The Bertz CT molecular complexity index is 574. The summed E-state index contributed by atoms with van der Waals surface area (Å²) in [6.45, 7) is 3.77. The Morgan fingerprint density at radius 2 is 2.00 bits per heavy atom. The summed E-state index contributed by atoms with van der Waals surface area (Å²) in [4.78, 5) is 49.8. The number of carboxylic acid groups (broad SMARTS) is 1. The smallest absolute Gasteiger partial charge is 0.326 e. The summed E-state index contributed by atoms with van der Waals surface area (Å²) in [7, 11) is 0. The van der Waals surface area contributed by atoms with Crippen LogP contribution < -0.4 is 16.4 Å². The van der Waals surface area contributed by atoms with E-state index in [1.54, 1.807) is 18.7 Å². The second kappa shape index (κ2) is 11.9. The van der Waals surface area contributed by atoms with Crippen LogP contribution in [0.15, 0.2) is 0 Å². The van der Waals surface area contributed by atoms with Crippen molar-refractivity contribution in [1.82, 2.24) is 15.5 Å². The minimum atomic E-state index is -1.09. The first-order chi connectivity index (χ1) is 13.2. The van der Waals surface area contributed by atoms with E-state index >= 15 is 0 Å². The number of amides is 3. The first-order valence-corrected chi connectivity index (χ1v) is 11.0. The number of hydrogen-bond donors (Lipinski definition) is 4. The third-order valence-electron chi connectivity index (χ3n) is 5.04. The summed E-state index contributed by atoms with van der Waals surface area (Å²) in [6, 6.07) is -2.39. The molecule has 0 bridgehead atoms. The molecule has 0 radical (unpaired) electrons. The van der Waals surface area contributed by atoms with Crippen LogP contribution >= 0.6 is 11.8 Å². The molecule has 1 saturated heterocycles. The fraction of sp³-hybridized carbons (Fsp3) is 0.778. The van der Waals surface area contributed by atoms with Gasteiger partial charge in [-0.1, -0.05) is 20.3 Å². The van der Waals surface area contributed by atoms with Gasteiger partial charge in [0.05, 0.1) is 12.6 Å². The molecule has 9 nitrogen and oxygen atoms in total. The van der Waals surface area contributed by atoms with Crippen molar-refractivity contribution in [2.75, 3.05) is 25.1 Å². The number of likely N-dealkylation sites (tertiary alicyclic amines) is 1. The molecule has 5 N–H and O–H groups in total. The van der Waals surface area contributed by atoms with E-state index in [9.17, 15) is 24.3 Å². The maximum absolute atomic E-state index is 12.6. The lowest BCUT2D eigenvalue weighted by atomic mass is 9.99. The maximum Gasteiger partial charge on any atom is 0.326 e. The van der Waals surface area contributed by atoms with Gasteiger partial charge >= 0.3 is 5.97 Å². The second-order valence-corrected chi connectivity index (χ2v) is 8.05. The van der Waals surface area contributed by atoms with Gasteiger partial charge in [0.25, 0.3) is 0 Å². The van der Waals surface area contributed by atoms with Crippen LogP contribution in [0.1, 0.15) is 39.5 Å². The Hall–Kier alpha value is -1.81. The summed E-state index contributed by atoms with van der Waals surface area (Å²) in [5, 5.41) is 14.4. The second-order valence-electron chi connectivity index (χ2n) is 7.06. The van der Waals surface area contributed by atoms with Crippen LogP contribution in [0.25, 0.3) is 0 Å². The van der Waals surface area contributed by atoms with Gasteiger partial charge in [0.1, 0.15) is 12.1 Å². The Morgan fingerprint density at radius 1 is 1.32 bits per heavy atom. The van der Waals surface area contributed by atoms with Crippen molar-refractivity contribution >= 4 is 35.5 Å². The number of nitrogens with two attached hydrogens (primary N) is 1. The quantitative estimate of drug-likeness (QED) is 0.365. The van der Waals surface area contributed by atoms with Gasteiger partial charge in [0.15, 0.2) is 0 Å². The molecule has 0 aromatic rings. The molecule has 1 aliphatic heterocycles. The first kappa shape index (κ1) is 24.2. The summed E-state index contributed by atoms with van der Waals surface area (Å²) < 4.78 is 0. The van der Waals surface area contributed by atoms with Crippen LogP contribution in [-0.2, 0) is 19.2 Å². The number of carboxylic acids is 1. The van der Waals surface area contributed by atoms with E-state index in [1.807, 2.05) is 13.2 Å². The van der Waals surface area contributed by atoms with Crippen LogP contribution in [-0.4, -0.2) is 76.9 Å². The van der Waals surface area contributed by atoms with Crippen molar-refractivity contribution in [3.63, 3.8) is 0 Å². The molecule has 28 heavy (non-hydrogen) atoms. The molecule has 4 atom stereocenters. The van der Waals surface area contributed by atoms with E-state index in [-0.39, 0.29) is 18.4 Å². The van der Waals surface area contributed by atoms with Crippen molar-refractivity contribution in [1.29, 1.82) is 0 Å². The molecule has 0 aliphatic carbocycles. The number of aliphatic carboxylic acids is 1. The molecule has 160 valence electrons. The highest BCUT2D eigenvalue weighted by Gasteiger charge is 2.36. The predicted octanol–water partition coefficient (Wildman–Crippen LogP) is -0.210. The van der Waals surface area contributed by atoms with E-state index in [2.05, 4.69) is 10.6 Å². The monoisotopic (exact) mass is 416 g/mol. The van der Waals surface area contributed by atoms with Gasteiger partial charge in [0.2, 0.25) is 17.7 Å². The number of rotatable bonds is 11. The summed E-state index contributed by atoms with van der Waals surface area (Å²) >= 11 is 1.58. The van der Waals surface area contributed by atoms with Gasteiger partial charge in [-0.3, -0.25) is 14.4 Å². The van der Waals surface area contributed by atoms with Gasteiger partial charge in [0, 0.05) is 6.54 Å². The average molecular weight is 417 g/mol. The van der Waals surface area contributed by atoms with Crippen molar-refractivity contribution in [3.8, 4) is 0 Å². The number of carbonyl (C=O) groups is 4. The van der Waals surface area contributed by atoms with Crippen LogP contribution in [0.4, 0.5) is 0 Å². The number of nitrogens with one attached hydrogen (secondary N) is 2. The lowest BCUT2D eigenvalue weighted by Gasteiger charge is -2.27. The molecule has 0 spiro atoms. The molecule has 1 heterocycles. The molecule has 1 aliphatic rings. The predicted molar refractivity (Wildman–Crippen MR) is 108 cm³/mol. The molecule has 1 fully saturated rings. The van der Waals surface area contributed by atoms with Crippen molar-refractivity contribution in [2.24, 2.45) is 11.7 Å². The summed E-state index contributed by atoms with van der Waals surface area (Å²) in [5.41, 5.74) is 5.77. The van der Waals surface area contributed by atoms with Gasteiger partial charge < -0.3 is 26.4 Å². The SMILES string of the molecule is CCC(C)C(NC(=O)C1CCCN1C(=O)CNC(=O)C(N)CCSC)C(=O)O. The molecule has 0 aromatic carbocycles. The molecular formula is C18H32N4O5S. The van der Waals surface area contributed by atoms with Gasteiger partial charge in [-0.25, -0.2) is 4.79 Å². The summed E-state index contributed by atoms with van der Waals surface area (Å²) in [5.74, 6) is -1.82. The van der Waals surface area contributed by atoms with Crippen LogP contribution in [0.5, 0.6) is 0 Å². The Morgan fingerprint density at radius 3 is 2.57 bits per heavy atom. The zero-order valence-electron chi connectivity index (χ0n) is 16.8. The summed E-state index contributed by atoms with van der Waals surface area (Å²) in [6.07, 6.45) is 4.15. The highest BCUT2D eigenvalue weighted by molar-refractivity contribution is 7.98. The number of carbonyl (C=O) groups excluding carboxylic acids is 3. The molecule has 4 unspecified atom stereocenters. The van der Waals surface area contributed by atoms with Crippen LogP contribution in [0.3, 0.4) is 0 Å². The van der Waals surface area contributed by atoms with E-state index in [1.165, 1.54) is 4.90 Å². The largest absolute Gasteiger partial charge is 0.480 e. The van der Waals surface area contributed by atoms with Gasteiger partial charge in [-0.15, -0.1) is 0 Å². The molecular weight excluding hydrogens is 384 g/mol. The Balaban J connectivity index is 2.63. The third kappa shape index (κ3) is 6.97. The number of hydrogen-bond acceptors (Lipinski definition) is 6. The van der Waals surface area contributed by atoms with E-state index < -0.39 is 35.9 Å². The molecule has 1 rings (SSSR count). The van der Waals surface area contributed by atoms with E-state index in [0.29, 0.717) is 32.2 Å². The Labute approximate surface area is 170 Å². The van der Waals surface area contributed by atoms with Crippen molar-refractivity contribution < 1.29 is 24.3 Å². The normalized spacial score (nSPS) is 19.6. The molecule has 3 amide bonds. The van der Waals surface area contributed by atoms with Gasteiger partial charge in [-0.05, 0) is 37.2 Å². The van der Waals surface area contributed by atoms with Crippen molar-refractivity contribution in [3.05, 3.63) is 0 Å². The highest BCUT2D eigenvalue weighted by atomic mass is 32.2. The van der Waals surface area contributed by atoms with Gasteiger partial charge in [-0.2, -0.15) is 11.8 Å². The van der Waals surface area contributed by atoms with E-state index in [0.717, 1.165) is 5.75 Å². The topological polar surface area (TPSA) is 142 Å². The zero-order chi connectivity index (χ0) is 21.3. The van der Waals surface area contributed by atoms with Crippen molar-refractivity contribution in [2.45, 2.75) is 57.7 Å². The fourth-order valence-corrected chi connectivity index (χ4v) is 3.53. The number of thioether (sulfide) groups is 1. The Kier molecular flexibility index (Phi) is 10.3. The zero-order valence-corrected chi connectivity index (χ0v) is 17.6. The minimum Gasteiger partial charge on any atom is -0.480 e. The highest BCUT2D eigenvalue weighted by Crippen LogP contribution is 2.18. The molecule has 0 saturated carbocycles. The lowest BCUT2D eigenvalue weighted by Crippen LogP contribution is -2.54. The molecule has 10 heteroatoms. The average Bonchev–Trinajstić information content (AvgIpc) is 3.16. The molecule has 0 aromatic heterocycles. The maximum atomic E-state index is 12.6. The number of nitrogens with zero attached hydrogens (tertiary/aromatic N) is 1. The standard InChI is InChI=1S/C18H32N4O5S/c1-4-11(2)15(18(26)27)21-17(25)13-6-5-8-22(13)14(23)10-20-16(24)12(19)7-9-28-3/h11-13,15H,4-10,19H2,1-3H3,(H,20,24)(H,21,25)(H,26,27). The minimum absolute atomic E-state index is 0.228. The fourth-order valence-electron chi connectivity index (χ4n) is 3.04.